The molecule has 21 heavy (non-hydrogen) atoms. The molecule has 0 atom stereocenters. The van der Waals surface area contributed by atoms with Crippen molar-refractivity contribution in [3.63, 3.8) is 0 Å². The molecular weight excluding hydrogens is 305 g/mol. The molecule has 0 bridgehead atoms. The Hall–Kier alpha value is -2.35. The number of H-pyrrole nitrogens is 1. The van der Waals surface area contributed by atoms with E-state index < -0.39 is 18.0 Å². The fourth-order valence-electron chi connectivity index (χ4n) is 1.57. The number of ether oxygens (including phenoxy) is 1. The Morgan fingerprint density at radius 2 is 2.00 bits per heavy atom. The maximum absolute atomic E-state index is 12.1. The number of aromatic amines is 1. The molecule has 0 unspecified atom stereocenters. The normalized spacial score (nSPS) is 11.0. The Morgan fingerprint density at radius 3 is 2.67 bits per heavy atom. The lowest BCUT2D eigenvalue weighted by atomic mass is 10.2. The van der Waals surface area contributed by atoms with Gasteiger partial charge in [0.15, 0.2) is 0 Å². The maximum Gasteiger partial charge on any atom is 0.573 e. The molecule has 0 saturated carbocycles. The van der Waals surface area contributed by atoms with Gasteiger partial charge in [-0.15, -0.1) is 13.2 Å². The molecule has 8 heteroatoms. The van der Waals surface area contributed by atoms with Gasteiger partial charge in [0, 0.05) is 18.0 Å². The summed E-state index contributed by atoms with van der Waals surface area (Å²) < 4.78 is 40.4. The number of benzene rings is 1. The smallest absolute Gasteiger partial charge is 0.406 e. The van der Waals surface area contributed by atoms with E-state index in [1.165, 1.54) is 18.2 Å². The molecule has 0 radical (unpaired) electrons. The van der Waals surface area contributed by atoms with Crippen LogP contribution >= 0.6 is 12.2 Å². The number of carbonyl (C=O) groups excluding carboxylic acids is 1. The third kappa shape index (κ3) is 4.32. The highest BCUT2D eigenvalue weighted by Gasteiger charge is 2.31. The lowest BCUT2D eigenvalue weighted by molar-refractivity contribution is -0.274. The van der Waals surface area contributed by atoms with Crippen LogP contribution in [-0.4, -0.2) is 17.3 Å². The summed E-state index contributed by atoms with van der Waals surface area (Å²) in [6, 6.07) is 8.08. The van der Waals surface area contributed by atoms with E-state index in [2.05, 4.69) is 15.0 Å². The maximum atomic E-state index is 12.1. The number of anilines is 1. The summed E-state index contributed by atoms with van der Waals surface area (Å²) in [5.74, 6) is -0.945. The average Bonchev–Trinajstić information content (AvgIpc) is 2.37. The fraction of sp³-hybridized carbons (Fsp3) is 0.0769. The molecule has 0 spiro atoms. The van der Waals surface area contributed by atoms with Crippen LogP contribution in [0.4, 0.5) is 18.9 Å². The first-order valence-electron chi connectivity index (χ1n) is 5.70. The van der Waals surface area contributed by atoms with Crippen LogP contribution < -0.4 is 10.1 Å². The van der Waals surface area contributed by atoms with E-state index in [-0.39, 0.29) is 15.9 Å². The predicted molar refractivity (Wildman–Crippen MR) is 72.7 cm³/mol. The highest BCUT2D eigenvalue weighted by molar-refractivity contribution is 7.71. The van der Waals surface area contributed by atoms with Crippen LogP contribution in [0, 0.1) is 4.64 Å². The highest BCUT2D eigenvalue weighted by Crippen LogP contribution is 2.25. The molecule has 1 aromatic carbocycles. The first-order valence-corrected chi connectivity index (χ1v) is 6.11. The van der Waals surface area contributed by atoms with E-state index in [9.17, 15) is 18.0 Å². The van der Waals surface area contributed by atoms with E-state index in [1.54, 1.807) is 12.3 Å². The predicted octanol–water partition coefficient (Wildman–Crippen LogP) is 3.90. The molecule has 0 aliphatic carbocycles. The molecule has 1 heterocycles. The first-order chi connectivity index (χ1) is 9.85. The Morgan fingerprint density at radius 1 is 1.24 bits per heavy atom. The van der Waals surface area contributed by atoms with Gasteiger partial charge in [0.2, 0.25) is 0 Å². The number of hydrogen-bond acceptors (Lipinski definition) is 3. The molecule has 0 saturated heterocycles. The van der Waals surface area contributed by atoms with Gasteiger partial charge in [0.25, 0.3) is 5.91 Å². The summed E-state index contributed by atoms with van der Waals surface area (Å²) in [6.07, 6.45) is -3.22. The number of pyridine rings is 1. The van der Waals surface area contributed by atoms with Gasteiger partial charge in [-0.05, 0) is 24.3 Å². The van der Waals surface area contributed by atoms with E-state index in [0.717, 1.165) is 12.1 Å². The van der Waals surface area contributed by atoms with Gasteiger partial charge in [0.05, 0.1) is 5.56 Å². The summed E-state index contributed by atoms with van der Waals surface area (Å²) in [4.78, 5) is 14.7. The summed E-state index contributed by atoms with van der Waals surface area (Å²) in [6.45, 7) is 0. The molecule has 0 aliphatic heterocycles. The molecular formula is C13H9F3N2O2S. The standard InChI is InChI=1S/C13H9F3N2O2S/c14-13(15,16)20-9-4-1-3-8(7-9)18-11(19)10-5-2-6-17-12(10)21/h1-7H,(H,17,21)(H,18,19). The zero-order valence-corrected chi connectivity index (χ0v) is 11.2. The monoisotopic (exact) mass is 314 g/mol. The molecule has 110 valence electrons. The van der Waals surface area contributed by atoms with Crippen molar-refractivity contribution in [1.29, 1.82) is 0 Å². The van der Waals surface area contributed by atoms with Crippen molar-refractivity contribution in [2.24, 2.45) is 0 Å². The number of halogens is 3. The summed E-state index contributed by atoms with van der Waals surface area (Å²) in [5.41, 5.74) is 0.384. The van der Waals surface area contributed by atoms with Crippen molar-refractivity contribution in [2.45, 2.75) is 6.36 Å². The van der Waals surface area contributed by atoms with E-state index >= 15 is 0 Å². The van der Waals surface area contributed by atoms with Gasteiger partial charge in [-0.3, -0.25) is 4.79 Å². The molecule has 1 aromatic heterocycles. The quantitative estimate of drug-likeness (QED) is 0.845. The number of aromatic nitrogens is 1. The van der Waals surface area contributed by atoms with Gasteiger partial charge in [-0.1, -0.05) is 18.3 Å². The van der Waals surface area contributed by atoms with E-state index in [1.807, 2.05) is 0 Å². The topological polar surface area (TPSA) is 54.1 Å². The first kappa shape index (κ1) is 15.0. The van der Waals surface area contributed by atoms with Crippen LogP contribution in [0.2, 0.25) is 0 Å². The Balaban J connectivity index is 2.17. The second-order valence-electron chi connectivity index (χ2n) is 3.94. The van der Waals surface area contributed by atoms with Gasteiger partial charge in [-0.25, -0.2) is 0 Å². The number of amides is 1. The molecule has 0 fully saturated rings. The second-order valence-corrected chi connectivity index (χ2v) is 4.35. The van der Waals surface area contributed by atoms with Crippen LogP contribution in [-0.2, 0) is 0 Å². The Bertz CT molecular complexity index is 713. The van der Waals surface area contributed by atoms with E-state index in [0.29, 0.717) is 0 Å². The molecule has 4 nitrogen and oxygen atoms in total. The number of hydrogen-bond donors (Lipinski definition) is 2. The van der Waals surface area contributed by atoms with Gasteiger partial charge >= 0.3 is 6.36 Å². The number of carbonyl (C=O) groups is 1. The number of rotatable bonds is 3. The third-order valence-corrected chi connectivity index (χ3v) is 2.73. The van der Waals surface area contributed by atoms with Crippen LogP contribution in [0.25, 0.3) is 0 Å². The Kier molecular flexibility index (Phi) is 4.27. The summed E-state index contributed by atoms with van der Waals surface area (Å²) >= 11 is 4.95. The SMILES string of the molecule is O=C(Nc1cccc(OC(F)(F)F)c1)c1ccc[nH]c1=S. The second kappa shape index (κ2) is 5.96. The van der Waals surface area contributed by atoms with Crippen molar-refractivity contribution >= 4 is 23.8 Å². The molecule has 0 aliphatic rings. The van der Waals surface area contributed by atoms with Gasteiger partial charge in [0.1, 0.15) is 10.4 Å². The molecule has 1 amide bonds. The van der Waals surface area contributed by atoms with Crippen LogP contribution in [0.3, 0.4) is 0 Å². The average molecular weight is 314 g/mol. The van der Waals surface area contributed by atoms with Crippen molar-refractivity contribution in [3.05, 3.63) is 52.8 Å². The largest absolute Gasteiger partial charge is 0.573 e. The van der Waals surface area contributed by atoms with Gasteiger partial charge < -0.3 is 15.0 Å². The van der Waals surface area contributed by atoms with Crippen molar-refractivity contribution in [2.75, 3.05) is 5.32 Å². The highest BCUT2D eigenvalue weighted by atomic mass is 32.1. The minimum Gasteiger partial charge on any atom is -0.406 e. The number of nitrogens with one attached hydrogen (secondary N) is 2. The minimum absolute atomic E-state index is 0.167. The van der Waals surface area contributed by atoms with Crippen LogP contribution in [0.15, 0.2) is 42.6 Å². The minimum atomic E-state index is -4.79. The summed E-state index contributed by atoms with van der Waals surface area (Å²) in [7, 11) is 0. The zero-order chi connectivity index (χ0) is 15.5. The molecule has 2 N–H and O–H groups in total. The lowest BCUT2D eigenvalue weighted by Gasteiger charge is -2.10. The summed E-state index contributed by atoms with van der Waals surface area (Å²) in [5, 5.41) is 2.45. The Labute approximate surface area is 122 Å². The number of alkyl halides is 3. The van der Waals surface area contributed by atoms with Crippen molar-refractivity contribution < 1.29 is 22.7 Å². The van der Waals surface area contributed by atoms with Crippen LogP contribution in [0.5, 0.6) is 5.75 Å². The third-order valence-electron chi connectivity index (χ3n) is 2.39. The van der Waals surface area contributed by atoms with E-state index in [4.69, 9.17) is 12.2 Å². The fourth-order valence-corrected chi connectivity index (χ4v) is 1.80. The van der Waals surface area contributed by atoms with Crippen LogP contribution in [0.1, 0.15) is 10.4 Å². The lowest BCUT2D eigenvalue weighted by Crippen LogP contribution is -2.17. The van der Waals surface area contributed by atoms with Gasteiger partial charge in [-0.2, -0.15) is 0 Å². The molecule has 2 aromatic rings. The molecule has 2 rings (SSSR count). The van der Waals surface area contributed by atoms with Crippen molar-refractivity contribution in [1.82, 2.24) is 4.98 Å². The van der Waals surface area contributed by atoms with Crippen molar-refractivity contribution in [3.8, 4) is 5.75 Å². The zero-order valence-electron chi connectivity index (χ0n) is 10.4.